The lowest BCUT2D eigenvalue weighted by atomic mass is 10.2. The average Bonchev–Trinajstić information content (AvgIpc) is 2.30. The van der Waals surface area contributed by atoms with Crippen molar-refractivity contribution in [1.29, 1.82) is 0 Å². The molecule has 0 spiro atoms. The van der Waals surface area contributed by atoms with E-state index in [1.807, 2.05) is 36.4 Å². The quantitative estimate of drug-likeness (QED) is 0.838. The summed E-state index contributed by atoms with van der Waals surface area (Å²) in [5, 5.41) is 12.8. The molecule has 0 atom stereocenters. The number of phenolic OH excluding ortho intramolecular Hbond substituents is 1. The first-order valence-corrected chi connectivity index (χ1v) is 5.82. The summed E-state index contributed by atoms with van der Waals surface area (Å²) in [5.74, 6) is 0.273. The number of aromatic hydroxyl groups is 1. The Bertz CT molecular complexity index is 439. The van der Waals surface area contributed by atoms with Gasteiger partial charge in [-0.05, 0) is 23.8 Å². The first-order valence-electron chi connectivity index (χ1n) is 5.02. The van der Waals surface area contributed by atoms with Crippen molar-refractivity contribution < 1.29 is 5.11 Å². The molecule has 0 fully saturated rings. The summed E-state index contributed by atoms with van der Waals surface area (Å²) < 4.78 is 1.07. The third kappa shape index (κ3) is 2.55. The lowest BCUT2D eigenvalue weighted by Crippen LogP contribution is -1.99. The number of anilines is 1. The van der Waals surface area contributed by atoms with Crippen molar-refractivity contribution in [1.82, 2.24) is 0 Å². The van der Waals surface area contributed by atoms with Crippen LogP contribution in [0.15, 0.2) is 53.0 Å². The maximum atomic E-state index is 9.58. The number of benzene rings is 2. The summed E-state index contributed by atoms with van der Waals surface area (Å²) in [6.07, 6.45) is 0. The Morgan fingerprint density at radius 3 is 2.44 bits per heavy atom. The highest BCUT2D eigenvalue weighted by molar-refractivity contribution is 9.10. The molecule has 0 aliphatic carbocycles. The highest BCUT2D eigenvalue weighted by Gasteiger charge is 2.01. The van der Waals surface area contributed by atoms with Crippen molar-refractivity contribution >= 4 is 21.6 Å². The van der Waals surface area contributed by atoms with Crippen molar-refractivity contribution in [2.45, 2.75) is 6.54 Å². The average molecular weight is 278 g/mol. The molecule has 2 aromatic carbocycles. The molecule has 0 amide bonds. The number of hydrogen-bond acceptors (Lipinski definition) is 2. The number of phenols is 1. The topological polar surface area (TPSA) is 32.3 Å². The molecule has 2 rings (SSSR count). The largest absolute Gasteiger partial charge is 0.506 e. The molecule has 3 heteroatoms. The predicted octanol–water partition coefficient (Wildman–Crippen LogP) is 3.77. The maximum Gasteiger partial charge on any atom is 0.138 e. The van der Waals surface area contributed by atoms with E-state index in [0.29, 0.717) is 6.54 Å². The summed E-state index contributed by atoms with van der Waals surface area (Å²) >= 11 is 3.49. The van der Waals surface area contributed by atoms with Gasteiger partial charge in [0.15, 0.2) is 0 Å². The first-order chi connectivity index (χ1) is 7.77. The van der Waals surface area contributed by atoms with Crippen LogP contribution in [0.3, 0.4) is 0 Å². The van der Waals surface area contributed by atoms with E-state index in [2.05, 4.69) is 21.2 Å². The molecule has 0 aromatic heterocycles. The van der Waals surface area contributed by atoms with Crippen molar-refractivity contribution in [3.8, 4) is 5.75 Å². The number of nitrogens with one attached hydrogen (secondary N) is 1. The van der Waals surface area contributed by atoms with Crippen molar-refractivity contribution in [2.24, 2.45) is 0 Å². The number of para-hydroxylation sites is 2. The van der Waals surface area contributed by atoms with Gasteiger partial charge in [-0.3, -0.25) is 0 Å². The second kappa shape index (κ2) is 5.03. The molecule has 2 N–H and O–H groups in total. The van der Waals surface area contributed by atoms with Gasteiger partial charge in [-0.25, -0.2) is 0 Å². The van der Waals surface area contributed by atoms with Crippen LogP contribution in [0.4, 0.5) is 5.69 Å². The lowest BCUT2D eigenvalue weighted by molar-refractivity contribution is 0.477. The van der Waals surface area contributed by atoms with Crippen molar-refractivity contribution in [3.05, 3.63) is 58.6 Å². The Balaban J connectivity index is 2.09. The van der Waals surface area contributed by atoms with Gasteiger partial charge in [0.25, 0.3) is 0 Å². The fourth-order valence-electron chi connectivity index (χ4n) is 1.46. The van der Waals surface area contributed by atoms with Crippen LogP contribution in [0.1, 0.15) is 5.56 Å². The van der Waals surface area contributed by atoms with E-state index in [-0.39, 0.29) is 5.75 Å². The molecule has 2 nitrogen and oxygen atoms in total. The molecule has 0 unspecified atom stereocenters. The van der Waals surface area contributed by atoms with Gasteiger partial charge in [-0.2, -0.15) is 0 Å². The Labute approximate surface area is 103 Å². The third-order valence-corrected chi connectivity index (χ3v) is 3.10. The molecular weight excluding hydrogens is 266 g/mol. The van der Waals surface area contributed by atoms with Gasteiger partial charge in [-0.15, -0.1) is 0 Å². The second-order valence-corrected chi connectivity index (χ2v) is 4.32. The van der Waals surface area contributed by atoms with Crippen LogP contribution in [0.5, 0.6) is 5.75 Å². The van der Waals surface area contributed by atoms with E-state index in [0.717, 1.165) is 15.7 Å². The van der Waals surface area contributed by atoms with Crippen LogP contribution < -0.4 is 5.32 Å². The van der Waals surface area contributed by atoms with Crippen LogP contribution >= 0.6 is 15.9 Å². The van der Waals surface area contributed by atoms with Gasteiger partial charge in [-0.1, -0.05) is 46.3 Å². The first kappa shape index (κ1) is 11.0. The van der Waals surface area contributed by atoms with Gasteiger partial charge in [0.1, 0.15) is 5.75 Å². The third-order valence-electron chi connectivity index (χ3n) is 2.33. The molecule has 0 aliphatic rings. The monoisotopic (exact) mass is 277 g/mol. The molecular formula is C13H12BrNO. The molecule has 16 heavy (non-hydrogen) atoms. The number of rotatable bonds is 3. The normalized spacial score (nSPS) is 10.1. The summed E-state index contributed by atoms with van der Waals surface area (Å²) in [6.45, 7) is 0.680. The molecule has 0 heterocycles. The molecule has 0 radical (unpaired) electrons. The summed E-state index contributed by atoms with van der Waals surface area (Å²) in [4.78, 5) is 0. The Morgan fingerprint density at radius 1 is 1.00 bits per heavy atom. The Kier molecular flexibility index (Phi) is 3.47. The van der Waals surface area contributed by atoms with Crippen LogP contribution in [-0.4, -0.2) is 5.11 Å². The number of hydrogen-bond donors (Lipinski definition) is 2. The molecule has 2 aromatic rings. The Hall–Kier alpha value is -1.48. The minimum atomic E-state index is 0.273. The van der Waals surface area contributed by atoms with Gasteiger partial charge < -0.3 is 10.4 Å². The fraction of sp³-hybridized carbons (Fsp3) is 0.0769. The zero-order valence-electron chi connectivity index (χ0n) is 8.65. The maximum absolute atomic E-state index is 9.58. The highest BCUT2D eigenvalue weighted by atomic mass is 79.9. The van der Waals surface area contributed by atoms with E-state index >= 15 is 0 Å². The van der Waals surface area contributed by atoms with Gasteiger partial charge in [0.05, 0.1) is 5.69 Å². The molecule has 0 bridgehead atoms. The minimum Gasteiger partial charge on any atom is -0.506 e. The molecule has 0 aliphatic heterocycles. The highest BCUT2D eigenvalue weighted by Crippen LogP contribution is 2.23. The van der Waals surface area contributed by atoms with Crippen molar-refractivity contribution in [2.75, 3.05) is 5.32 Å². The summed E-state index contributed by atoms with van der Waals surface area (Å²) in [7, 11) is 0. The molecule has 82 valence electrons. The van der Waals surface area contributed by atoms with Crippen LogP contribution in [0.2, 0.25) is 0 Å². The van der Waals surface area contributed by atoms with Crippen LogP contribution in [-0.2, 0) is 6.54 Å². The smallest absolute Gasteiger partial charge is 0.138 e. The summed E-state index contributed by atoms with van der Waals surface area (Å²) in [5.41, 5.74) is 1.91. The van der Waals surface area contributed by atoms with E-state index < -0.39 is 0 Å². The van der Waals surface area contributed by atoms with Crippen LogP contribution in [0, 0.1) is 0 Å². The standard InChI is InChI=1S/C13H12BrNO/c14-11-6-2-1-5-10(11)9-15-12-7-3-4-8-13(12)16/h1-8,15-16H,9H2. The lowest BCUT2D eigenvalue weighted by Gasteiger charge is -2.09. The zero-order chi connectivity index (χ0) is 11.4. The predicted molar refractivity (Wildman–Crippen MR) is 69.6 cm³/mol. The van der Waals surface area contributed by atoms with Crippen LogP contribution in [0.25, 0.3) is 0 Å². The fourth-order valence-corrected chi connectivity index (χ4v) is 1.88. The van der Waals surface area contributed by atoms with E-state index in [4.69, 9.17) is 0 Å². The molecule has 0 saturated carbocycles. The van der Waals surface area contributed by atoms with Gasteiger partial charge >= 0.3 is 0 Å². The van der Waals surface area contributed by atoms with Crippen molar-refractivity contribution in [3.63, 3.8) is 0 Å². The van der Waals surface area contributed by atoms with E-state index in [9.17, 15) is 5.11 Å². The van der Waals surface area contributed by atoms with Gasteiger partial charge in [0.2, 0.25) is 0 Å². The minimum absolute atomic E-state index is 0.273. The molecule has 0 saturated heterocycles. The Morgan fingerprint density at radius 2 is 1.69 bits per heavy atom. The summed E-state index contributed by atoms with van der Waals surface area (Å²) in [6, 6.07) is 15.2. The van der Waals surface area contributed by atoms with E-state index in [1.165, 1.54) is 0 Å². The van der Waals surface area contributed by atoms with Gasteiger partial charge in [0, 0.05) is 11.0 Å². The number of halogens is 1. The second-order valence-electron chi connectivity index (χ2n) is 3.46. The SMILES string of the molecule is Oc1ccccc1NCc1ccccc1Br. The zero-order valence-corrected chi connectivity index (χ0v) is 10.2. The van der Waals surface area contributed by atoms with E-state index in [1.54, 1.807) is 12.1 Å².